The number of fused-ring (bicyclic) bond motifs is 1. The topological polar surface area (TPSA) is 50.1 Å². The van der Waals surface area contributed by atoms with Crippen LogP contribution in [0.4, 0.5) is 11.4 Å². The van der Waals surface area contributed by atoms with E-state index in [1.807, 2.05) is 7.05 Å². The number of hydrogen-bond donors (Lipinski definition) is 0. The molecule has 0 saturated carbocycles. The largest absolute Gasteiger partial charge is 0.371 e. The van der Waals surface area contributed by atoms with Crippen LogP contribution in [-0.4, -0.2) is 40.3 Å². The lowest BCUT2D eigenvalue weighted by Gasteiger charge is -2.36. The maximum Gasteiger partial charge on any atom is 0.170 e. The smallest absolute Gasteiger partial charge is 0.170 e. The van der Waals surface area contributed by atoms with Crippen LogP contribution in [0.3, 0.4) is 0 Å². The molecule has 94 valence electrons. The van der Waals surface area contributed by atoms with Crippen molar-refractivity contribution in [1.82, 2.24) is 20.2 Å². The maximum atomic E-state index is 4.05. The van der Waals surface area contributed by atoms with Gasteiger partial charge in [-0.1, -0.05) is 12.1 Å². The van der Waals surface area contributed by atoms with Gasteiger partial charge in [0, 0.05) is 27.2 Å². The van der Waals surface area contributed by atoms with E-state index in [1.54, 1.807) is 4.68 Å². The Hall–Kier alpha value is -2.11. The van der Waals surface area contributed by atoms with E-state index >= 15 is 0 Å². The van der Waals surface area contributed by atoms with Crippen LogP contribution in [0.25, 0.3) is 0 Å². The van der Waals surface area contributed by atoms with Crippen LogP contribution >= 0.6 is 0 Å². The Morgan fingerprint density at radius 2 is 1.89 bits per heavy atom. The Bertz CT molecular complexity index is 549. The highest BCUT2D eigenvalue weighted by Gasteiger charge is 2.21. The molecule has 3 rings (SSSR count). The van der Waals surface area contributed by atoms with Gasteiger partial charge in [0.1, 0.15) is 0 Å². The number of nitrogens with zero attached hydrogens (tertiary/aromatic N) is 6. The molecule has 2 aromatic rings. The molecule has 1 aromatic carbocycles. The van der Waals surface area contributed by atoms with E-state index in [9.17, 15) is 0 Å². The van der Waals surface area contributed by atoms with Crippen molar-refractivity contribution in [2.45, 2.75) is 6.54 Å². The highest BCUT2D eigenvalue weighted by molar-refractivity contribution is 5.72. The molecule has 1 aliphatic rings. The summed E-state index contributed by atoms with van der Waals surface area (Å²) in [5.74, 6) is 0.884. The van der Waals surface area contributed by atoms with Crippen LogP contribution in [0, 0.1) is 0 Å². The van der Waals surface area contributed by atoms with E-state index in [0.717, 1.165) is 25.5 Å². The third-order valence-corrected chi connectivity index (χ3v) is 3.38. The summed E-state index contributed by atoms with van der Waals surface area (Å²) in [5.41, 5.74) is 2.51. The standard InChI is InChI=1S/C12H16N6/c1-16-7-8-18(9-12-13-14-15-17(12)2)11-6-4-3-5-10(11)16/h3-6H,7-9H2,1-2H3. The molecule has 0 amide bonds. The summed E-state index contributed by atoms with van der Waals surface area (Å²) >= 11 is 0. The number of aryl methyl sites for hydroxylation is 1. The minimum atomic E-state index is 0.744. The number of likely N-dealkylation sites (N-methyl/N-ethyl adjacent to an activating group) is 1. The van der Waals surface area contributed by atoms with Crippen LogP contribution in [0.15, 0.2) is 24.3 Å². The van der Waals surface area contributed by atoms with Gasteiger partial charge in [0.15, 0.2) is 5.82 Å². The van der Waals surface area contributed by atoms with Crippen molar-refractivity contribution in [1.29, 1.82) is 0 Å². The minimum absolute atomic E-state index is 0.744. The van der Waals surface area contributed by atoms with Crippen LogP contribution in [0.5, 0.6) is 0 Å². The number of tetrazole rings is 1. The Morgan fingerprint density at radius 1 is 1.11 bits per heavy atom. The molecule has 2 heterocycles. The number of rotatable bonds is 2. The Balaban J connectivity index is 1.91. The van der Waals surface area contributed by atoms with Crippen molar-refractivity contribution in [3.63, 3.8) is 0 Å². The second-order valence-corrected chi connectivity index (χ2v) is 4.55. The first-order valence-corrected chi connectivity index (χ1v) is 6.02. The Labute approximate surface area is 106 Å². The number of aromatic nitrogens is 4. The van der Waals surface area contributed by atoms with E-state index < -0.39 is 0 Å². The fraction of sp³-hybridized carbons (Fsp3) is 0.417. The molecule has 1 aliphatic heterocycles. The van der Waals surface area contributed by atoms with E-state index in [-0.39, 0.29) is 0 Å². The van der Waals surface area contributed by atoms with Crippen LogP contribution in [0.2, 0.25) is 0 Å². The lowest BCUT2D eigenvalue weighted by Crippen LogP contribution is -2.39. The van der Waals surface area contributed by atoms with E-state index in [2.05, 4.69) is 56.6 Å². The third-order valence-electron chi connectivity index (χ3n) is 3.38. The second kappa shape index (κ2) is 4.29. The van der Waals surface area contributed by atoms with E-state index in [4.69, 9.17) is 0 Å². The SMILES string of the molecule is CN1CCN(Cc2nnnn2C)c2ccccc21. The predicted molar refractivity (Wildman–Crippen MR) is 69.6 cm³/mol. The molecule has 0 bridgehead atoms. The lowest BCUT2D eigenvalue weighted by atomic mass is 10.2. The average Bonchev–Trinajstić information content (AvgIpc) is 2.79. The zero-order valence-corrected chi connectivity index (χ0v) is 10.6. The zero-order chi connectivity index (χ0) is 12.5. The molecular weight excluding hydrogens is 228 g/mol. The van der Waals surface area contributed by atoms with Crippen LogP contribution in [0.1, 0.15) is 5.82 Å². The van der Waals surface area contributed by atoms with Crippen molar-refractivity contribution in [2.24, 2.45) is 7.05 Å². The van der Waals surface area contributed by atoms with Gasteiger partial charge in [0.25, 0.3) is 0 Å². The minimum Gasteiger partial charge on any atom is -0.371 e. The quantitative estimate of drug-likeness (QED) is 0.777. The summed E-state index contributed by atoms with van der Waals surface area (Å²) in [6.45, 7) is 2.75. The normalized spacial score (nSPS) is 14.8. The molecule has 0 aliphatic carbocycles. The molecule has 0 saturated heterocycles. The fourth-order valence-corrected chi connectivity index (χ4v) is 2.28. The van der Waals surface area contributed by atoms with E-state index in [1.165, 1.54) is 11.4 Å². The molecule has 0 spiro atoms. The van der Waals surface area contributed by atoms with Gasteiger partial charge in [-0.2, -0.15) is 0 Å². The maximum absolute atomic E-state index is 4.05. The van der Waals surface area contributed by atoms with Crippen LogP contribution in [-0.2, 0) is 13.6 Å². The molecule has 0 radical (unpaired) electrons. The molecule has 6 nitrogen and oxygen atoms in total. The van der Waals surface area contributed by atoms with Crippen molar-refractivity contribution in [3.8, 4) is 0 Å². The molecule has 0 fully saturated rings. The predicted octanol–water partition coefficient (Wildman–Crippen LogP) is 0.666. The average molecular weight is 244 g/mol. The van der Waals surface area contributed by atoms with Gasteiger partial charge in [-0.05, 0) is 22.6 Å². The number of para-hydroxylation sites is 2. The monoisotopic (exact) mass is 244 g/mol. The zero-order valence-electron chi connectivity index (χ0n) is 10.6. The first kappa shape index (κ1) is 11.0. The summed E-state index contributed by atoms with van der Waals surface area (Å²) in [6, 6.07) is 8.44. The van der Waals surface area contributed by atoms with Gasteiger partial charge in [0.05, 0.1) is 17.9 Å². The summed E-state index contributed by atoms with van der Waals surface area (Å²) in [7, 11) is 4.00. The highest BCUT2D eigenvalue weighted by atomic mass is 15.5. The number of hydrogen-bond acceptors (Lipinski definition) is 5. The lowest BCUT2D eigenvalue weighted by molar-refractivity contribution is 0.646. The molecule has 18 heavy (non-hydrogen) atoms. The fourth-order valence-electron chi connectivity index (χ4n) is 2.28. The summed E-state index contributed by atoms with van der Waals surface area (Å²) < 4.78 is 1.72. The molecule has 0 N–H and O–H groups in total. The van der Waals surface area contributed by atoms with E-state index in [0.29, 0.717) is 0 Å². The van der Waals surface area contributed by atoms with Gasteiger partial charge >= 0.3 is 0 Å². The molecule has 1 aromatic heterocycles. The second-order valence-electron chi connectivity index (χ2n) is 4.55. The Morgan fingerprint density at radius 3 is 2.61 bits per heavy atom. The van der Waals surface area contributed by atoms with Crippen molar-refractivity contribution < 1.29 is 0 Å². The van der Waals surface area contributed by atoms with Gasteiger partial charge in [0.2, 0.25) is 0 Å². The molecule has 6 heteroatoms. The van der Waals surface area contributed by atoms with Crippen molar-refractivity contribution in [3.05, 3.63) is 30.1 Å². The van der Waals surface area contributed by atoms with Crippen molar-refractivity contribution in [2.75, 3.05) is 29.9 Å². The summed E-state index contributed by atoms with van der Waals surface area (Å²) in [5, 5.41) is 11.6. The number of anilines is 2. The summed E-state index contributed by atoms with van der Waals surface area (Å²) in [6.07, 6.45) is 0. The third kappa shape index (κ3) is 1.79. The Kier molecular flexibility index (Phi) is 2.62. The van der Waals surface area contributed by atoms with Gasteiger partial charge in [-0.25, -0.2) is 4.68 Å². The molecule has 0 atom stereocenters. The molecule has 0 unspecified atom stereocenters. The molecular formula is C12H16N6. The van der Waals surface area contributed by atoms with Crippen LogP contribution < -0.4 is 9.80 Å². The van der Waals surface area contributed by atoms with Gasteiger partial charge < -0.3 is 9.80 Å². The van der Waals surface area contributed by atoms with Gasteiger partial charge in [-0.3, -0.25) is 0 Å². The van der Waals surface area contributed by atoms with Crippen molar-refractivity contribution >= 4 is 11.4 Å². The first-order valence-electron chi connectivity index (χ1n) is 6.02. The highest BCUT2D eigenvalue weighted by Crippen LogP contribution is 2.32. The summed E-state index contributed by atoms with van der Waals surface area (Å²) in [4.78, 5) is 4.60. The first-order chi connectivity index (χ1) is 8.75. The van der Waals surface area contributed by atoms with Gasteiger partial charge in [-0.15, -0.1) is 5.10 Å². The number of benzene rings is 1.